The molecule has 0 spiro atoms. The van der Waals surface area contributed by atoms with E-state index in [1.807, 2.05) is 11.3 Å². The van der Waals surface area contributed by atoms with E-state index < -0.39 is 0 Å². The van der Waals surface area contributed by atoms with E-state index in [2.05, 4.69) is 58.1 Å². The van der Waals surface area contributed by atoms with Crippen LogP contribution in [0.4, 0.5) is 0 Å². The van der Waals surface area contributed by atoms with E-state index in [0.29, 0.717) is 0 Å². The molecule has 0 aliphatic heterocycles. The van der Waals surface area contributed by atoms with Gasteiger partial charge in [-0.25, -0.2) is 0 Å². The first kappa shape index (κ1) is 14.5. The molecule has 0 radical (unpaired) electrons. The molecule has 0 aliphatic carbocycles. The number of nitrogens with one attached hydrogen (secondary N) is 1. The third kappa shape index (κ3) is 5.05. The highest BCUT2D eigenvalue weighted by Crippen LogP contribution is 2.30. The first-order chi connectivity index (χ1) is 7.93. The van der Waals surface area contributed by atoms with Gasteiger partial charge in [-0.1, -0.05) is 33.3 Å². The summed E-state index contributed by atoms with van der Waals surface area (Å²) in [6.45, 7) is 13.3. The molecule has 2 heteroatoms. The molecule has 1 aromatic rings. The standard InChI is InChI=1S/C15H25NS/c1-6-9-16-11-12(2)10-13-7-8-14(17-13)15(3,4)5/h7-8,10,16H,6,9,11H2,1-5H3/b12-10+. The summed E-state index contributed by atoms with van der Waals surface area (Å²) in [6, 6.07) is 4.48. The fourth-order valence-corrected chi connectivity index (χ4v) is 2.68. The second-order valence-electron chi connectivity index (χ2n) is 5.62. The normalized spacial score (nSPS) is 13.1. The summed E-state index contributed by atoms with van der Waals surface area (Å²) in [5, 5.41) is 3.43. The first-order valence-electron chi connectivity index (χ1n) is 6.41. The monoisotopic (exact) mass is 251 g/mol. The molecule has 1 aromatic heterocycles. The Morgan fingerprint density at radius 1 is 1.35 bits per heavy atom. The van der Waals surface area contributed by atoms with Gasteiger partial charge in [0.15, 0.2) is 0 Å². The predicted octanol–water partition coefficient (Wildman–Crippen LogP) is 4.45. The Morgan fingerprint density at radius 3 is 2.59 bits per heavy atom. The van der Waals surface area contributed by atoms with Gasteiger partial charge < -0.3 is 5.32 Å². The summed E-state index contributed by atoms with van der Waals surface area (Å²) in [5.41, 5.74) is 1.67. The molecule has 1 N–H and O–H groups in total. The minimum atomic E-state index is 0.269. The lowest BCUT2D eigenvalue weighted by Crippen LogP contribution is -2.16. The lowest BCUT2D eigenvalue weighted by Gasteiger charge is -2.15. The molecular formula is C15H25NS. The Bertz CT molecular complexity index is 369. The molecule has 0 saturated heterocycles. The van der Waals surface area contributed by atoms with Crippen LogP contribution in [-0.2, 0) is 5.41 Å². The molecule has 0 aromatic carbocycles. The second-order valence-corrected chi connectivity index (χ2v) is 6.73. The zero-order chi connectivity index (χ0) is 12.9. The molecule has 96 valence electrons. The van der Waals surface area contributed by atoms with Crippen molar-refractivity contribution in [2.75, 3.05) is 13.1 Å². The lowest BCUT2D eigenvalue weighted by molar-refractivity contribution is 0.604. The molecule has 17 heavy (non-hydrogen) atoms. The van der Waals surface area contributed by atoms with Gasteiger partial charge in [0.1, 0.15) is 0 Å². The van der Waals surface area contributed by atoms with Crippen molar-refractivity contribution in [2.45, 2.75) is 46.5 Å². The van der Waals surface area contributed by atoms with E-state index in [-0.39, 0.29) is 5.41 Å². The first-order valence-corrected chi connectivity index (χ1v) is 7.23. The number of rotatable bonds is 5. The molecule has 0 fully saturated rings. The van der Waals surface area contributed by atoms with E-state index in [4.69, 9.17) is 0 Å². The number of hydrogen-bond donors (Lipinski definition) is 1. The highest BCUT2D eigenvalue weighted by Gasteiger charge is 2.15. The van der Waals surface area contributed by atoms with Crippen LogP contribution in [0, 0.1) is 0 Å². The molecular weight excluding hydrogens is 226 g/mol. The fraction of sp³-hybridized carbons (Fsp3) is 0.600. The van der Waals surface area contributed by atoms with E-state index in [9.17, 15) is 0 Å². The van der Waals surface area contributed by atoms with Crippen LogP contribution in [0.5, 0.6) is 0 Å². The molecule has 0 bridgehead atoms. The average molecular weight is 251 g/mol. The second kappa shape index (κ2) is 6.36. The van der Waals surface area contributed by atoms with Gasteiger partial charge in [-0.3, -0.25) is 0 Å². The maximum absolute atomic E-state index is 3.43. The zero-order valence-corrected chi connectivity index (χ0v) is 12.6. The van der Waals surface area contributed by atoms with Crippen LogP contribution in [0.15, 0.2) is 17.7 Å². The molecule has 0 saturated carbocycles. The third-order valence-electron chi connectivity index (χ3n) is 2.59. The predicted molar refractivity (Wildman–Crippen MR) is 79.8 cm³/mol. The van der Waals surface area contributed by atoms with Crippen LogP contribution >= 0.6 is 11.3 Å². The minimum absolute atomic E-state index is 0.269. The highest BCUT2D eigenvalue weighted by molar-refractivity contribution is 7.13. The smallest absolute Gasteiger partial charge is 0.0273 e. The summed E-state index contributed by atoms with van der Waals surface area (Å²) in [4.78, 5) is 2.82. The summed E-state index contributed by atoms with van der Waals surface area (Å²) < 4.78 is 0. The Balaban J connectivity index is 2.62. The number of hydrogen-bond acceptors (Lipinski definition) is 2. The van der Waals surface area contributed by atoms with Gasteiger partial charge in [-0.2, -0.15) is 0 Å². The summed E-state index contributed by atoms with van der Waals surface area (Å²) >= 11 is 1.90. The third-order valence-corrected chi connectivity index (χ3v) is 4.04. The van der Waals surface area contributed by atoms with Crippen molar-refractivity contribution < 1.29 is 0 Å². The van der Waals surface area contributed by atoms with Gasteiger partial charge in [0.25, 0.3) is 0 Å². The number of thiophene rings is 1. The largest absolute Gasteiger partial charge is 0.313 e. The Morgan fingerprint density at radius 2 is 2.06 bits per heavy atom. The van der Waals surface area contributed by atoms with Gasteiger partial charge in [-0.05, 0) is 43.5 Å². The van der Waals surface area contributed by atoms with Gasteiger partial charge >= 0.3 is 0 Å². The van der Waals surface area contributed by atoms with Gasteiger partial charge in [0.05, 0.1) is 0 Å². The molecule has 0 aliphatic rings. The quantitative estimate of drug-likeness (QED) is 0.762. The minimum Gasteiger partial charge on any atom is -0.313 e. The van der Waals surface area contributed by atoms with E-state index in [1.54, 1.807) is 0 Å². The topological polar surface area (TPSA) is 12.0 Å². The summed E-state index contributed by atoms with van der Waals surface area (Å²) in [7, 11) is 0. The van der Waals surface area contributed by atoms with Crippen LogP contribution < -0.4 is 5.32 Å². The SMILES string of the molecule is CCCNC/C(C)=C/c1ccc(C(C)(C)C)s1. The molecule has 0 atom stereocenters. The molecule has 0 unspecified atom stereocenters. The van der Waals surface area contributed by atoms with Crippen molar-refractivity contribution in [3.05, 3.63) is 27.5 Å². The summed E-state index contributed by atoms with van der Waals surface area (Å²) in [6.07, 6.45) is 3.49. The van der Waals surface area contributed by atoms with E-state index in [0.717, 1.165) is 13.1 Å². The Labute approximate surface area is 110 Å². The average Bonchev–Trinajstić information content (AvgIpc) is 2.66. The van der Waals surface area contributed by atoms with Crippen molar-refractivity contribution in [2.24, 2.45) is 0 Å². The van der Waals surface area contributed by atoms with E-state index in [1.165, 1.54) is 21.7 Å². The van der Waals surface area contributed by atoms with Crippen LogP contribution in [0.3, 0.4) is 0 Å². The highest BCUT2D eigenvalue weighted by atomic mass is 32.1. The molecule has 1 nitrogen and oxygen atoms in total. The van der Waals surface area contributed by atoms with Crippen molar-refractivity contribution >= 4 is 17.4 Å². The zero-order valence-electron chi connectivity index (χ0n) is 11.8. The lowest BCUT2D eigenvalue weighted by atomic mass is 9.95. The van der Waals surface area contributed by atoms with Gasteiger partial charge in [0, 0.05) is 16.3 Å². The fourth-order valence-electron chi connectivity index (χ4n) is 1.59. The molecule has 1 rings (SSSR count). The van der Waals surface area contributed by atoms with Crippen LogP contribution in [-0.4, -0.2) is 13.1 Å². The van der Waals surface area contributed by atoms with Crippen LogP contribution in [0.25, 0.3) is 6.08 Å². The van der Waals surface area contributed by atoms with Crippen LogP contribution in [0.2, 0.25) is 0 Å². The van der Waals surface area contributed by atoms with Gasteiger partial charge in [-0.15, -0.1) is 11.3 Å². The maximum atomic E-state index is 3.43. The molecule has 0 amide bonds. The van der Waals surface area contributed by atoms with Crippen molar-refractivity contribution in [1.29, 1.82) is 0 Å². The van der Waals surface area contributed by atoms with Crippen molar-refractivity contribution in [3.63, 3.8) is 0 Å². The van der Waals surface area contributed by atoms with E-state index >= 15 is 0 Å². The Kier molecular flexibility index (Phi) is 5.41. The maximum Gasteiger partial charge on any atom is 0.0273 e. The van der Waals surface area contributed by atoms with Crippen molar-refractivity contribution in [3.8, 4) is 0 Å². The van der Waals surface area contributed by atoms with Gasteiger partial charge in [0.2, 0.25) is 0 Å². The van der Waals surface area contributed by atoms with Crippen molar-refractivity contribution in [1.82, 2.24) is 5.32 Å². The van der Waals surface area contributed by atoms with Crippen LogP contribution in [0.1, 0.15) is 50.8 Å². The molecule has 1 heterocycles. The summed E-state index contributed by atoms with van der Waals surface area (Å²) in [5.74, 6) is 0. The Hall–Kier alpha value is -0.600.